The van der Waals surface area contributed by atoms with E-state index in [1.165, 1.54) is 12.1 Å². The van der Waals surface area contributed by atoms with Crippen molar-refractivity contribution in [2.45, 2.75) is 36.3 Å². The van der Waals surface area contributed by atoms with Crippen molar-refractivity contribution in [3.63, 3.8) is 0 Å². The number of benzene rings is 2. The smallest absolute Gasteiger partial charge is 0.406 e. The number of aromatic hydroxyl groups is 1. The highest BCUT2D eigenvalue weighted by Crippen LogP contribution is 3.07. The normalized spacial score (nSPS) is 18.2. The molecule has 0 fully saturated rings. The first-order valence-corrected chi connectivity index (χ1v) is 12.7. The maximum absolute atomic E-state index is 13.5. The monoisotopic (exact) mass is 555 g/mol. The Morgan fingerprint density at radius 3 is 1.79 bits per heavy atom. The fraction of sp³-hybridized carbons (Fsp3) is 0.278. The van der Waals surface area contributed by atoms with Crippen LogP contribution in [0.5, 0.6) is 5.75 Å². The minimum absolute atomic E-state index is 0.259. The molecule has 0 aromatic heterocycles. The van der Waals surface area contributed by atoms with E-state index in [-0.39, 0.29) is 17.2 Å². The Kier molecular flexibility index (Phi) is 5.19. The average molecular weight is 555 g/mol. The van der Waals surface area contributed by atoms with Gasteiger partial charge in [-0.1, -0.05) is 71.8 Å². The summed E-state index contributed by atoms with van der Waals surface area (Å²) in [7, 11) is -22.8. The van der Waals surface area contributed by atoms with E-state index in [4.69, 9.17) is 0 Å². The van der Waals surface area contributed by atoms with Crippen molar-refractivity contribution < 1.29 is 52.7 Å². The Balaban J connectivity index is 2.79. The predicted molar refractivity (Wildman–Crippen MR) is 109 cm³/mol. The Labute approximate surface area is 185 Å². The summed E-state index contributed by atoms with van der Waals surface area (Å²) in [6.45, 7) is 4.94. The molecule has 0 aliphatic heterocycles. The van der Waals surface area contributed by atoms with Gasteiger partial charge in [-0.2, -0.15) is 8.78 Å². The molecule has 2 nitrogen and oxygen atoms in total. The van der Waals surface area contributed by atoms with Crippen LogP contribution in [-0.2, 0) is 10.7 Å². The van der Waals surface area contributed by atoms with E-state index in [0.717, 1.165) is 6.07 Å². The lowest BCUT2D eigenvalue weighted by Gasteiger charge is -2.47. The number of halogens is 12. The number of hydrogen-bond acceptors (Lipinski definition) is 2. The molecule has 0 atom stereocenters. The first-order valence-electron chi connectivity index (χ1n) is 8.81. The second-order valence-corrected chi connectivity index (χ2v) is 13.2. The average Bonchev–Trinajstić information content (AvgIpc) is 2.55. The maximum Gasteiger partial charge on any atom is 0.406 e. The Morgan fingerprint density at radius 2 is 1.35 bits per heavy atom. The van der Waals surface area contributed by atoms with Gasteiger partial charge in [0.05, 0.1) is 5.69 Å². The first kappa shape index (κ1) is 28.0. The van der Waals surface area contributed by atoms with Crippen LogP contribution in [0.15, 0.2) is 46.3 Å². The van der Waals surface area contributed by atoms with Gasteiger partial charge in [0, 0.05) is 17.3 Å². The number of para-hydroxylation sites is 1. The van der Waals surface area contributed by atoms with Gasteiger partial charge in [0.15, 0.2) is 0 Å². The molecule has 0 saturated heterocycles. The standard InChI is InChI=1S/C18H17F12NOS2/c1-17(2,3)13-6-4-5-11(16(13)32)10-31-14-8-7-12(9-15(14)33(21,22,23,24)25)18(19,20)34(26,27,28,29)30/h4-10,32H,1-3H3. The van der Waals surface area contributed by atoms with Crippen LogP contribution >= 0.6 is 20.4 Å². The summed E-state index contributed by atoms with van der Waals surface area (Å²) in [5, 5.41) is 3.12. The largest absolute Gasteiger partial charge is 0.507 e. The number of alkyl halides is 2. The van der Waals surface area contributed by atoms with Crippen LogP contribution in [0.2, 0.25) is 0 Å². The van der Waals surface area contributed by atoms with Crippen molar-refractivity contribution in [3.05, 3.63) is 53.1 Å². The molecular formula is C18H17F12NOS2. The molecule has 0 heterocycles. The van der Waals surface area contributed by atoms with E-state index >= 15 is 0 Å². The van der Waals surface area contributed by atoms with Crippen LogP contribution in [0.4, 0.5) is 53.3 Å². The molecule has 196 valence electrons. The topological polar surface area (TPSA) is 32.6 Å². The molecule has 1 N–H and O–H groups in total. The predicted octanol–water partition coefficient (Wildman–Crippen LogP) is 10.4. The van der Waals surface area contributed by atoms with Gasteiger partial charge < -0.3 is 5.11 Å². The summed E-state index contributed by atoms with van der Waals surface area (Å²) in [5.41, 5.74) is -5.60. The van der Waals surface area contributed by atoms with Crippen LogP contribution < -0.4 is 0 Å². The lowest BCUT2D eigenvalue weighted by Crippen LogP contribution is -2.30. The fourth-order valence-corrected chi connectivity index (χ4v) is 4.18. The molecule has 0 amide bonds. The molecule has 0 bridgehead atoms. The van der Waals surface area contributed by atoms with E-state index in [9.17, 15) is 52.7 Å². The summed E-state index contributed by atoms with van der Waals surface area (Å²) in [5.74, 6) is -0.517. The van der Waals surface area contributed by atoms with E-state index in [1.807, 2.05) is 0 Å². The van der Waals surface area contributed by atoms with Crippen molar-refractivity contribution >= 4 is 32.4 Å². The molecule has 16 heteroatoms. The van der Waals surface area contributed by atoms with Crippen molar-refractivity contribution in [3.8, 4) is 5.75 Å². The van der Waals surface area contributed by atoms with E-state index in [0.29, 0.717) is 6.21 Å². The Hall–Kier alpha value is -2.23. The van der Waals surface area contributed by atoms with Gasteiger partial charge >= 0.3 is 25.7 Å². The molecular weight excluding hydrogens is 538 g/mol. The third-order valence-electron chi connectivity index (χ3n) is 4.41. The second-order valence-electron chi connectivity index (χ2n) is 8.39. The number of aliphatic imine (C=N–C) groups is 1. The molecule has 0 aliphatic rings. The van der Waals surface area contributed by atoms with Crippen LogP contribution in [-0.4, -0.2) is 11.3 Å². The number of hydrogen-bond donors (Lipinski definition) is 1. The zero-order valence-electron chi connectivity index (χ0n) is 17.3. The van der Waals surface area contributed by atoms with Gasteiger partial charge in [0.25, 0.3) is 0 Å². The molecule has 2 aromatic rings. The molecule has 0 saturated carbocycles. The number of phenolic OH excluding ortho intramolecular Hbond substituents is 1. The van der Waals surface area contributed by atoms with Crippen molar-refractivity contribution in [2.75, 3.05) is 0 Å². The summed E-state index contributed by atoms with van der Waals surface area (Å²) < 4.78 is 158. The SMILES string of the molecule is CC(C)(C)c1cccc(C=Nc2ccc(C(F)(F)S(F)(F)(F)(F)F)cc2S(F)(F)(F)(F)F)c1O. The lowest BCUT2D eigenvalue weighted by molar-refractivity contribution is 0.0364. The van der Waals surface area contributed by atoms with Crippen molar-refractivity contribution in [1.82, 2.24) is 0 Å². The minimum Gasteiger partial charge on any atom is -0.507 e. The molecule has 0 aliphatic carbocycles. The zero-order valence-corrected chi connectivity index (χ0v) is 18.9. The van der Waals surface area contributed by atoms with Gasteiger partial charge in [0.1, 0.15) is 10.6 Å². The minimum atomic E-state index is -11.8. The third-order valence-corrected chi connectivity index (χ3v) is 6.78. The van der Waals surface area contributed by atoms with Gasteiger partial charge in [-0.05, 0) is 35.2 Å². The first-order chi connectivity index (χ1) is 14.4. The number of rotatable bonds is 5. The molecule has 0 radical (unpaired) electrons. The van der Waals surface area contributed by atoms with Crippen LogP contribution in [0.3, 0.4) is 0 Å². The van der Waals surface area contributed by atoms with Crippen molar-refractivity contribution in [1.29, 1.82) is 0 Å². The van der Waals surface area contributed by atoms with Gasteiger partial charge in [-0.15, -0.1) is 0 Å². The second kappa shape index (κ2) is 6.30. The van der Waals surface area contributed by atoms with E-state index in [1.54, 1.807) is 20.8 Å². The summed E-state index contributed by atoms with van der Waals surface area (Å²) in [6.07, 6.45) is 0.440. The lowest BCUT2D eigenvalue weighted by atomic mass is 9.85. The number of nitrogens with zero attached hydrogens (tertiary/aromatic N) is 1. The third kappa shape index (κ3) is 5.53. The quantitative estimate of drug-likeness (QED) is 0.289. The Bertz CT molecular complexity index is 1180. The molecule has 2 aromatic carbocycles. The van der Waals surface area contributed by atoms with Gasteiger partial charge in [-0.3, -0.25) is 4.99 Å². The van der Waals surface area contributed by atoms with Crippen molar-refractivity contribution in [2.24, 2.45) is 4.99 Å². The zero-order chi connectivity index (χ0) is 26.9. The summed E-state index contributed by atoms with van der Waals surface area (Å²) in [4.78, 5) is -0.254. The summed E-state index contributed by atoms with van der Waals surface area (Å²) in [6, 6.07) is 1.64. The summed E-state index contributed by atoms with van der Waals surface area (Å²) >= 11 is 0. The molecule has 0 spiro atoms. The van der Waals surface area contributed by atoms with E-state index in [2.05, 4.69) is 4.99 Å². The number of phenols is 1. The highest BCUT2D eigenvalue weighted by atomic mass is 32.5. The molecule has 2 rings (SSSR count). The van der Waals surface area contributed by atoms with Gasteiger partial charge in [0.2, 0.25) is 0 Å². The van der Waals surface area contributed by atoms with Crippen LogP contribution in [0.25, 0.3) is 0 Å². The molecule has 0 unspecified atom stereocenters. The fourth-order valence-electron chi connectivity index (χ4n) is 2.74. The highest BCUT2D eigenvalue weighted by molar-refractivity contribution is 8.46. The van der Waals surface area contributed by atoms with Gasteiger partial charge in [-0.25, -0.2) is 0 Å². The van der Waals surface area contributed by atoms with E-state index < -0.39 is 65.1 Å². The van der Waals surface area contributed by atoms with Crippen LogP contribution in [0, 0.1) is 0 Å². The van der Waals surface area contributed by atoms with Crippen LogP contribution in [0.1, 0.15) is 37.5 Å². The maximum atomic E-state index is 13.5. The highest BCUT2D eigenvalue weighted by Gasteiger charge is 2.83. The Morgan fingerprint density at radius 1 is 0.824 bits per heavy atom. The molecule has 34 heavy (non-hydrogen) atoms.